The molecule has 1 aromatic carbocycles. The van der Waals surface area contributed by atoms with Gasteiger partial charge in [0.25, 0.3) is 0 Å². The largest absolute Gasteiger partial charge is 0.379 e. The summed E-state index contributed by atoms with van der Waals surface area (Å²) in [6.07, 6.45) is 0. The van der Waals surface area contributed by atoms with Crippen LogP contribution >= 0.6 is 0 Å². The number of amides is 2. The minimum absolute atomic E-state index is 0.0182. The number of carbonyl (C=O) groups excluding carboxylic acids is 1. The third-order valence-corrected chi connectivity index (χ3v) is 4.11. The van der Waals surface area contributed by atoms with Crippen molar-refractivity contribution in [2.24, 2.45) is 5.41 Å². The average molecular weight is 351 g/mol. The van der Waals surface area contributed by atoms with Crippen LogP contribution in [0.1, 0.15) is 26.3 Å². The number of ether oxygens (including phenoxy) is 1. The Morgan fingerprint density at radius 2 is 2.04 bits per heavy atom. The average Bonchev–Trinajstić information content (AvgIpc) is 2.57. The van der Waals surface area contributed by atoms with Gasteiger partial charge in [-0.3, -0.25) is 4.90 Å². The summed E-state index contributed by atoms with van der Waals surface area (Å²) in [4.78, 5) is 16.7. The van der Waals surface area contributed by atoms with Crippen molar-refractivity contribution in [3.63, 3.8) is 0 Å². The molecule has 2 rings (SSSR count). The van der Waals surface area contributed by atoms with Crippen molar-refractivity contribution in [3.05, 3.63) is 35.6 Å². The summed E-state index contributed by atoms with van der Waals surface area (Å²) in [7, 11) is 0. The van der Waals surface area contributed by atoms with Gasteiger partial charge in [0, 0.05) is 39.3 Å². The van der Waals surface area contributed by atoms with Crippen LogP contribution in [0.15, 0.2) is 24.3 Å². The van der Waals surface area contributed by atoms with E-state index in [1.165, 1.54) is 12.1 Å². The number of nitrogens with zero attached hydrogens (tertiary/aromatic N) is 2. The van der Waals surface area contributed by atoms with Crippen LogP contribution in [0.5, 0.6) is 0 Å². The van der Waals surface area contributed by atoms with Gasteiger partial charge >= 0.3 is 6.03 Å². The summed E-state index contributed by atoms with van der Waals surface area (Å²) in [6.45, 7) is 11.9. The molecule has 140 valence electrons. The fraction of sp³-hybridized carbons (Fsp3) is 0.632. The summed E-state index contributed by atoms with van der Waals surface area (Å²) < 4.78 is 18.8. The third kappa shape index (κ3) is 7.40. The van der Waals surface area contributed by atoms with Crippen molar-refractivity contribution < 1.29 is 13.9 Å². The molecular weight excluding hydrogens is 321 g/mol. The fourth-order valence-corrected chi connectivity index (χ4v) is 2.65. The van der Waals surface area contributed by atoms with Crippen molar-refractivity contribution in [2.75, 3.05) is 45.9 Å². The van der Waals surface area contributed by atoms with E-state index < -0.39 is 0 Å². The Labute approximate surface area is 150 Å². The van der Waals surface area contributed by atoms with Gasteiger partial charge in [-0.25, -0.2) is 9.18 Å². The zero-order valence-corrected chi connectivity index (χ0v) is 15.6. The molecule has 1 N–H and O–H groups in total. The summed E-state index contributed by atoms with van der Waals surface area (Å²) in [5, 5.41) is 3.00. The highest BCUT2D eigenvalue weighted by Crippen LogP contribution is 2.12. The smallest absolute Gasteiger partial charge is 0.317 e. The minimum atomic E-state index is -0.277. The third-order valence-electron chi connectivity index (χ3n) is 4.11. The first-order valence-corrected chi connectivity index (χ1v) is 8.91. The number of carbonyl (C=O) groups is 1. The number of benzene rings is 1. The molecular formula is C19H30FN3O2. The predicted octanol–water partition coefficient (Wildman–Crippen LogP) is 2.72. The fourth-order valence-electron chi connectivity index (χ4n) is 2.65. The zero-order chi connectivity index (χ0) is 18.3. The van der Waals surface area contributed by atoms with E-state index in [9.17, 15) is 9.18 Å². The maximum Gasteiger partial charge on any atom is 0.317 e. The molecule has 0 spiro atoms. The second-order valence-corrected chi connectivity index (χ2v) is 7.72. The van der Waals surface area contributed by atoms with E-state index in [4.69, 9.17) is 4.74 Å². The molecule has 0 aromatic heterocycles. The van der Waals surface area contributed by atoms with Crippen LogP contribution in [0.25, 0.3) is 0 Å². The highest BCUT2D eigenvalue weighted by molar-refractivity contribution is 5.74. The molecule has 0 aliphatic carbocycles. The predicted molar refractivity (Wildman–Crippen MR) is 96.9 cm³/mol. The van der Waals surface area contributed by atoms with E-state index in [1.54, 1.807) is 11.0 Å². The monoisotopic (exact) mass is 351 g/mol. The second-order valence-electron chi connectivity index (χ2n) is 7.72. The quantitative estimate of drug-likeness (QED) is 0.857. The topological polar surface area (TPSA) is 44.8 Å². The number of hydrogen-bond acceptors (Lipinski definition) is 3. The summed E-state index contributed by atoms with van der Waals surface area (Å²) in [5.74, 6) is -0.277. The molecule has 1 aliphatic heterocycles. The van der Waals surface area contributed by atoms with Crippen molar-refractivity contribution in [1.29, 1.82) is 0 Å². The van der Waals surface area contributed by atoms with E-state index in [2.05, 4.69) is 31.0 Å². The zero-order valence-electron chi connectivity index (χ0n) is 15.6. The first kappa shape index (κ1) is 19.7. The van der Waals surface area contributed by atoms with Crippen LogP contribution in [0.2, 0.25) is 0 Å². The van der Waals surface area contributed by atoms with Crippen molar-refractivity contribution >= 4 is 6.03 Å². The molecule has 0 atom stereocenters. The summed E-state index contributed by atoms with van der Waals surface area (Å²) in [6, 6.07) is 6.33. The Kier molecular flexibility index (Phi) is 7.20. The van der Waals surface area contributed by atoms with Gasteiger partial charge in [0.15, 0.2) is 0 Å². The van der Waals surface area contributed by atoms with Gasteiger partial charge in [0.1, 0.15) is 5.82 Å². The van der Waals surface area contributed by atoms with Crippen molar-refractivity contribution in [1.82, 2.24) is 15.1 Å². The Hall–Kier alpha value is -1.66. The molecule has 25 heavy (non-hydrogen) atoms. The van der Waals surface area contributed by atoms with E-state index in [1.807, 2.05) is 6.07 Å². The second kappa shape index (κ2) is 9.15. The molecule has 0 unspecified atom stereocenters. The van der Waals surface area contributed by atoms with E-state index >= 15 is 0 Å². The normalized spacial score (nSPS) is 15.8. The van der Waals surface area contributed by atoms with Crippen molar-refractivity contribution in [3.8, 4) is 0 Å². The lowest BCUT2D eigenvalue weighted by Crippen LogP contribution is -2.47. The first-order chi connectivity index (χ1) is 11.8. The molecule has 2 amide bonds. The van der Waals surface area contributed by atoms with Gasteiger partial charge in [0.05, 0.1) is 13.2 Å². The molecule has 0 saturated carbocycles. The molecule has 1 aromatic rings. The number of halogens is 1. The molecule has 1 fully saturated rings. The van der Waals surface area contributed by atoms with Crippen LogP contribution in [0.3, 0.4) is 0 Å². The Morgan fingerprint density at radius 1 is 1.32 bits per heavy atom. The van der Waals surface area contributed by atoms with Crippen LogP contribution in [-0.4, -0.2) is 61.8 Å². The van der Waals surface area contributed by atoms with Crippen LogP contribution in [0, 0.1) is 11.2 Å². The standard InChI is InChI=1S/C19H30FN3O2/c1-19(2,3)15-21-18(24)23(8-7-22-9-11-25-12-10-22)14-16-5-4-6-17(20)13-16/h4-6,13H,7-12,14-15H2,1-3H3,(H,21,24). The maximum atomic E-state index is 13.5. The lowest BCUT2D eigenvalue weighted by Gasteiger charge is -2.31. The van der Waals surface area contributed by atoms with Gasteiger partial charge in [-0.2, -0.15) is 0 Å². The van der Waals surface area contributed by atoms with Gasteiger partial charge in [0.2, 0.25) is 0 Å². The van der Waals surface area contributed by atoms with Crippen LogP contribution < -0.4 is 5.32 Å². The Morgan fingerprint density at radius 3 is 2.68 bits per heavy atom. The number of nitrogens with one attached hydrogen (secondary N) is 1. The van der Waals surface area contributed by atoms with Gasteiger partial charge in [-0.1, -0.05) is 32.9 Å². The van der Waals surface area contributed by atoms with Crippen molar-refractivity contribution in [2.45, 2.75) is 27.3 Å². The molecule has 5 nitrogen and oxygen atoms in total. The van der Waals surface area contributed by atoms with Gasteiger partial charge < -0.3 is 15.0 Å². The lowest BCUT2D eigenvalue weighted by atomic mass is 9.97. The number of urea groups is 1. The molecule has 1 saturated heterocycles. The highest BCUT2D eigenvalue weighted by Gasteiger charge is 2.19. The molecule has 1 heterocycles. The SMILES string of the molecule is CC(C)(C)CNC(=O)N(CCN1CCOCC1)Cc1cccc(F)c1. The Bertz CT molecular complexity index is 554. The first-order valence-electron chi connectivity index (χ1n) is 8.91. The minimum Gasteiger partial charge on any atom is -0.379 e. The summed E-state index contributed by atoms with van der Waals surface area (Å²) >= 11 is 0. The van der Waals surface area contributed by atoms with Gasteiger partial charge in [-0.05, 0) is 23.1 Å². The van der Waals surface area contributed by atoms with E-state index in [-0.39, 0.29) is 17.3 Å². The molecule has 0 radical (unpaired) electrons. The molecule has 6 heteroatoms. The Balaban J connectivity index is 1.97. The molecule has 0 bridgehead atoms. The van der Waals surface area contributed by atoms with Crippen LogP contribution in [0.4, 0.5) is 9.18 Å². The molecule has 1 aliphatic rings. The van der Waals surface area contributed by atoms with E-state index in [0.29, 0.717) is 19.6 Å². The van der Waals surface area contributed by atoms with Crippen LogP contribution in [-0.2, 0) is 11.3 Å². The number of hydrogen-bond donors (Lipinski definition) is 1. The van der Waals surface area contributed by atoms with E-state index in [0.717, 1.165) is 38.4 Å². The number of rotatable bonds is 6. The summed E-state index contributed by atoms with van der Waals surface area (Å²) in [5.41, 5.74) is 0.817. The van der Waals surface area contributed by atoms with Gasteiger partial charge in [-0.15, -0.1) is 0 Å². The lowest BCUT2D eigenvalue weighted by molar-refractivity contribution is 0.0346. The maximum absolute atomic E-state index is 13.5. The number of morpholine rings is 1. The highest BCUT2D eigenvalue weighted by atomic mass is 19.1.